The van der Waals surface area contributed by atoms with Crippen molar-refractivity contribution in [2.45, 2.75) is 13.5 Å². The van der Waals surface area contributed by atoms with Gasteiger partial charge in [0.2, 0.25) is 0 Å². The SMILES string of the molecule is Cc1ncc(Oc2ccc(CN)cc2)cn1. The molecular formula is C12H13N3O. The first kappa shape index (κ1) is 10.6. The number of ether oxygens (including phenoxy) is 1. The summed E-state index contributed by atoms with van der Waals surface area (Å²) in [7, 11) is 0. The lowest BCUT2D eigenvalue weighted by atomic mass is 10.2. The van der Waals surface area contributed by atoms with Crippen molar-refractivity contribution in [2.24, 2.45) is 5.73 Å². The largest absolute Gasteiger partial charge is 0.454 e. The summed E-state index contributed by atoms with van der Waals surface area (Å²) >= 11 is 0. The molecule has 2 N–H and O–H groups in total. The van der Waals surface area contributed by atoms with E-state index in [0.717, 1.165) is 17.1 Å². The van der Waals surface area contributed by atoms with Gasteiger partial charge in [0, 0.05) is 6.54 Å². The fraction of sp³-hybridized carbons (Fsp3) is 0.167. The standard InChI is InChI=1S/C12H13N3O/c1-9-14-7-12(8-15-9)16-11-4-2-10(6-13)3-5-11/h2-5,7-8H,6,13H2,1H3. The first-order chi connectivity index (χ1) is 7.78. The normalized spacial score (nSPS) is 10.1. The van der Waals surface area contributed by atoms with Gasteiger partial charge in [-0.1, -0.05) is 12.1 Å². The molecule has 0 saturated carbocycles. The second-order valence-electron chi connectivity index (χ2n) is 3.42. The zero-order chi connectivity index (χ0) is 11.4. The minimum absolute atomic E-state index is 0.536. The second-order valence-corrected chi connectivity index (χ2v) is 3.42. The van der Waals surface area contributed by atoms with Gasteiger partial charge in [0.15, 0.2) is 5.75 Å². The van der Waals surface area contributed by atoms with Crippen LogP contribution in [-0.4, -0.2) is 9.97 Å². The molecule has 1 aromatic heterocycles. The lowest BCUT2D eigenvalue weighted by Gasteiger charge is -2.05. The third-order valence-electron chi connectivity index (χ3n) is 2.15. The Morgan fingerprint density at radius 3 is 2.25 bits per heavy atom. The van der Waals surface area contributed by atoms with Crippen LogP contribution in [0.3, 0.4) is 0 Å². The summed E-state index contributed by atoms with van der Waals surface area (Å²) in [5.41, 5.74) is 6.58. The Balaban J connectivity index is 2.11. The van der Waals surface area contributed by atoms with Crippen LogP contribution in [0.25, 0.3) is 0 Å². The highest BCUT2D eigenvalue weighted by molar-refractivity contribution is 5.31. The summed E-state index contributed by atoms with van der Waals surface area (Å²) in [6.45, 7) is 2.37. The Hall–Kier alpha value is -1.94. The molecule has 2 rings (SSSR count). The Morgan fingerprint density at radius 1 is 1.06 bits per heavy atom. The molecule has 4 nitrogen and oxygen atoms in total. The van der Waals surface area contributed by atoms with Crippen LogP contribution in [-0.2, 0) is 6.54 Å². The van der Waals surface area contributed by atoms with Gasteiger partial charge in [-0.25, -0.2) is 9.97 Å². The molecule has 0 amide bonds. The molecule has 0 bridgehead atoms. The van der Waals surface area contributed by atoms with Crippen LogP contribution in [0.1, 0.15) is 11.4 Å². The van der Waals surface area contributed by atoms with E-state index in [1.165, 1.54) is 0 Å². The Labute approximate surface area is 94.1 Å². The third-order valence-corrected chi connectivity index (χ3v) is 2.15. The monoisotopic (exact) mass is 215 g/mol. The average Bonchev–Trinajstić information content (AvgIpc) is 2.33. The number of aryl methyl sites for hydroxylation is 1. The Kier molecular flexibility index (Phi) is 3.12. The molecule has 1 heterocycles. The highest BCUT2D eigenvalue weighted by atomic mass is 16.5. The first-order valence-corrected chi connectivity index (χ1v) is 5.03. The van der Waals surface area contributed by atoms with E-state index in [9.17, 15) is 0 Å². The highest BCUT2D eigenvalue weighted by Gasteiger charge is 1.98. The number of rotatable bonds is 3. The summed E-state index contributed by atoms with van der Waals surface area (Å²) in [4.78, 5) is 8.11. The van der Waals surface area contributed by atoms with Crippen molar-refractivity contribution in [3.8, 4) is 11.5 Å². The van der Waals surface area contributed by atoms with Crippen molar-refractivity contribution in [2.75, 3.05) is 0 Å². The van der Waals surface area contributed by atoms with E-state index in [2.05, 4.69) is 9.97 Å². The van der Waals surface area contributed by atoms with E-state index in [0.29, 0.717) is 12.3 Å². The number of hydrogen-bond donors (Lipinski definition) is 1. The molecule has 0 aliphatic heterocycles. The number of benzene rings is 1. The van der Waals surface area contributed by atoms with Gasteiger partial charge in [0.1, 0.15) is 11.6 Å². The summed E-state index contributed by atoms with van der Waals surface area (Å²) < 4.78 is 5.57. The summed E-state index contributed by atoms with van der Waals surface area (Å²) in [5, 5.41) is 0. The van der Waals surface area contributed by atoms with Crippen molar-refractivity contribution in [1.29, 1.82) is 0 Å². The van der Waals surface area contributed by atoms with Crippen molar-refractivity contribution in [3.05, 3.63) is 48.0 Å². The Morgan fingerprint density at radius 2 is 1.69 bits per heavy atom. The van der Waals surface area contributed by atoms with E-state index in [1.807, 2.05) is 31.2 Å². The number of nitrogens with zero attached hydrogens (tertiary/aromatic N) is 2. The summed E-state index contributed by atoms with van der Waals surface area (Å²) in [6, 6.07) is 7.62. The van der Waals surface area contributed by atoms with Crippen molar-refractivity contribution < 1.29 is 4.74 Å². The van der Waals surface area contributed by atoms with Crippen LogP contribution >= 0.6 is 0 Å². The van der Waals surface area contributed by atoms with E-state index < -0.39 is 0 Å². The molecule has 16 heavy (non-hydrogen) atoms. The molecule has 0 aliphatic carbocycles. The molecule has 4 heteroatoms. The smallest absolute Gasteiger partial charge is 0.164 e. The van der Waals surface area contributed by atoms with Crippen LogP contribution < -0.4 is 10.5 Å². The quantitative estimate of drug-likeness (QED) is 0.851. The minimum Gasteiger partial charge on any atom is -0.454 e. The van der Waals surface area contributed by atoms with Crippen LogP contribution in [0.2, 0.25) is 0 Å². The van der Waals surface area contributed by atoms with Crippen molar-refractivity contribution in [3.63, 3.8) is 0 Å². The van der Waals surface area contributed by atoms with Gasteiger partial charge < -0.3 is 10.5 Å². The van der Waals surface area contributed by atoms with Gasteiger partial charge in [0.25, 0.3) is 0 Å². The van der Waals surface area contributed by atoms with Crippen LogP contribution in [0.4, 0.5) is 0 Å². The molecule has 0 spiro atoms. The molecule has 0 unspecified atom stereocenters. The minimum atomic E-state index is 0.536. The lowest BCUT2D eigenvalue weighted by molar-refractivity contribution is 0.476. The van der Waals surface area contributed by atoms with Gasteiger partial charge >= 0.3 is 0 Å². The van der Waals surface area contributed by atoms with Crippen LogP contribution in [0.15, 0.2) is 36.7 Å². The molecule has 0 radical (unpaired) electrons. The zero-order valence-electron chi connectivity index (χ0n) is 9.05. The molecule has 2 aromatic rings. The van der Waals surface area contributed by atoms with Gasteiger partial charge in [-0.3, -0.25) is 0 Å². The molecule has 0 atom stereocenters. The van der Waals surface area contributed by atoms with E-state index in [-0.39, 0.29) is 0 Å². The van der Waals surface area contributed by atoms with Gasteiger partial charge in [-0.15, -0.1) is 0 Å². The van der Waals surface area contributed by atoms with Gasteiger partial charge in [-0.2, -0.15) is 0 Å². The molecule has 1 aromatic carbocycles. The van der Waals surface area contributed by atoms with Crippen LogP contribution in [0, 0.1) is 6.92 Å². The Bertz CT molecular complexity index is 451. The van der Waals surface area contributed by atoms with Crippen molar-refractivity contribution >= 4 is 0 Å². The lowest BCUT2D eigenvalue weighted by Crippen LogP contribution is -1.95. The van der Waals surface area contributed by atoms with E-state index in [1.54, 1.807) is 12.4 Å². The van der Waals surface area contributed by atoms with Gasteiger partial charge in [-0.05, 0) is 24.6 Å². The predicted molar refractivity (Wildman–Crippen MR) is 61.2 cm³/mol. The second kappa shape index (κ2) is 4.72. The van der Waals surface area contributed by atoms with Gasteiger partial charge in [0.05, 0.1) is 12.4 Å². The maximum absolute atomic E-state index is 5.57. The fourth-order valence-corrected chi connectivity index (χ4v) is 1.26. The first-order valence-electron chi connectivity index (χ1n) is 5.03. The maximum atomic E-state index is 5.57. The summed E-state index contributed by atoms with van der Waals surface area (Å²) in [5.74, 6) is 2.11. The summed E-state index contributed by atoms with van der Waals surface area (Å²) in [6.07, 6.45) is 3.30. The number of hydrogen-bond acceptors (Lipinski definition) is 4. The molecular weight excluding hydrogens is 202 g/mol. The number of nitrogens with two attached hydrogens (primary N) is 1. The molecule has 82 valence electrons. The average molecular weight is 215 g/mol. The molecule has 0 aliphatic rings. The number of aromatic nitrogens is 2. The van der Waals surface area contributed by atoms with E-state index in [4.69, 9.17) is 10.5 Å². The van der Waals surface area contributed by atoms with Crippen molar-refractivity contribution in [1.82, 2.24) is 9.97 Å². The fourth-order valence-electron chi connectivity index (χ4n) is 1.26. The molecule has 0 fully saturated rings. The topological polar surface area (TPSA) is 61.0 Å². The maximum Gasteiger partial charge on any atom is 0.164 e. The zero-order valence-corrected chi connectivity index (χ0v) is 9.05. The predicted octanol–water partition coefficient (Wildman–Crippen LogP) is 2.04. The van der Waals surface area contributed by atoms with E-state index >= 15 is 0 Å². The third kappa shape index (κ3) is 2.55. The highest BCUT2D eigenvalue weighted by Crippen LogP contribution is 2.19. The molecule has 0 saturated heterocycles. The van der Waals surface area contributed by atoms with Crippen LogP contribution in [0.5, 0.6) is 11.5 Å².